The van der Waals surface area contributed by atoms with E-state index in [-0.39, 0.29) is 12.0 Å². The molecule has 2 rings (SSSR count). The molecular formula is C13H13F3N2O2. The van der Waals surface area contributed by atoms with Crippen LogP contribution in [0.5, 0.6) is 0 Å². The predicted octanol–water partition coefficient (Wildman–Crippen LogP) is 2.37. The Kier molecular flexibility index (Phi) is 3.71. The Balaban J connectivity index is 2.31. The molecule has 0 aliphatic rings. The smallest absolute Gasteiger partial charge is 0.389 e. The number of halogens is 3. The molecule has 7 heteroatoms. The molecule has 0 fully saturated rings. The molecule has 0 spiro atoms. The Hall–Kier alpha value is -2.02. The van der Waals surface area contributed by atoms with E-state index in [4.69, 9.17) is 0 Å². The third kappa shape index (κ3) is 2.93. The molecule has 0 aliphatic heterocycles. The van der Waals surface area contributed by atoms with E-state index in [0.717, 1.165) is 0 Å². The molecule has 1 unspecified atom stereocenters. The number of aromatic nitrogens is 2. The van der Waals surface area contributed by atoms with Crippen LogP contribution in [0.1, 0.15) is 35.4 Å². The zero-order chi connectivity index (χ0) is 14.9. The summed E-state index contributed by atoms with van der Waals surface area (Å²) in [4.78, 5) is 11.4. The maximum atomic E-state index is 12.7. The van der Waals surface area contributed by atoms with E-state index in [1.165, 1.54) is 0 Å². The molecule has 0 aliphatic carbocycles. The number of rotatable bonds is 3. The van der Waals surface area contributed by atoms with E-state index in [1.807, 2.05) is 10.2 Å². The van der Waals surface area contributed by atoms with Crippen molar-refractivity contribution in [1.82, 2.24) is 10.2 Å². The fourth-order valence-corrected chi connectivity index (χ4v) is 1.91. The summed E-state index contributed by atoms with van der Waals surface area (Å²) in [5.41, 5.74) is -0.959. The van der Waals surface area contributed by atoms with Gasteiger partial charge in [0.15, 0.2) is 0 Å². The summed E-state index contributed by atoms with van der Waals surface area (Å²) in [6.07, 6.45) is -5.38. The molecule has 1 aromatic heterocycles. The van der Waals surface area contributed by atoms with Crippen LogP contribution >= 0.6 is 0 Å². The first-order valence-corrected chi connectivity index (χ1v) is 5.92. The van der Waals surface area contributed by atoms with Crippen LogP contribution in [0.15, 0.2) is 29.1 Å². The van der Waals surface area contributed by atoms with Gasteiger partial charge < -0.3 is 5.11 Å². The van der Waals surface area contributed by atoms with Crippen molar-refractivity contribution in [2.24, 2.45) is 0 Å². The summed E-state index contributed by atoms with van der Waals surface area (Å²) in [5.74, 6) is 0. The summed E-state index contributed by atoms with van der Waals surface area (Å²) in [6.45, 7) is 1.59. The minimum atomic E-state index is -4.60. The van der Waals surface area contributed by atoms with Crippen molar-refractivity contribution < 1.29 is 18.3 Å². The maximum absolute atomic E-state index is 12.7. The van der Waals surface area contributed by atoms with Crippen LogP contribution in [-0.2, 0) is 12.6 Å². The normalized spacial score (nSPS) is 13.4. The Bertz CT molecular complexity index is 639. The van der Waals surface area contributed by atoms with Gasteiger partial charge in [-0.3, -0.25) is 15.0 Å². The number of nitrogens with one attached hydrogen (secondary N) is 2. The quantitative estimate of drug-likeness (QED) is 0.810. The zero-order valence-corrected chi connectivity index (χ0v) is 10.6. The highest BCUT2D eigenvalue weighted by Gasteiger charge is 2.36. The second-order valence-corrected chi connectivity index (χ2v) is 4.52. The van der Waals surface area contributed by atoms with Crippen molar-refractivity contribution in [2.75, 3.05) is 0 Å². The first-order valence-electron chi connectivity index (χ1n) is 5.92. The number of alkyl halides is 3. The minimum absolute atomic E-state index is 0.131. The fourth-order valence-electron chi connectivity index (χ4n) is 1.91. The van der Waals surface area contributed by atoms with Gasteiger partial charge in [0, 0.05) is 6.42 Å². The van der Waals surface area contributed by atoms with Gasteiger partial charge in [0.25, 0.3) is 5.56 Å². The number of benzene rings is 1. The monoisotopic (exact) mass is 286 g/mol. The molecule has 1 aromatic carbocycles. The molecule has 20 heavy (non-hydrogen) atoms. The molecular weight excluding hydrogens is 273 g/mol. The van der Waals surface area contributed by atoms with E-state index >= 15 is 0 Å². The van der Waals surface area contributed by atoms with Gasteiger partial charge in [-0.05, 0) is 18.1 Å². The summed E-state index contributed by atoms with van der Waals surface area (Å²) < 4.78 is 38.1. The lowest BCUT2D eigenvalue weighted by Gasteiger charge is -2.08. The molecule has 0 amide bonds. The van der Waals surface area contributed by atoms with Crippen LogP contribution in [-0.4, -0.2) is 15.3 Å². The molecule has 4 nitrogen and oxygen atoms in total. The van der Waals surface area contributed by atoms with Crippen molar-refractivity contribution in [1.29, 1.82) is 0 Å². The third-order valence-corrected chi connectivity index (χ3v) is 3.00. The van der Waals surface area contributed by atoms with Gasteiger partial charge in [-0.15, -0.1) is 0 Å². The minimum Gasteiger partial charge on any atom is -0.389 e. The van der Waals surface area contributed by atoms with Gasteiger partial charge in [0.2, 0.25) is 0 Å². The topological polar surface area (TPSA) is 68.9 Å². The van der Waals surface area contributed by atoms with Crippen molar-refractivity contribution in [3.05, 3.63) is 57.0 Å². The fraction of sp³-hybridized carbons (Fsp3) is 0.308. The lowest BCUT2D eigenvalue weighted by molar-refractivity contribution is -0.141. The van der Waals surface area contributed by atoms with E-state index in [9.17, 15) is 23.1 Å². The predicted molar refractivity (Wildman–Crippen MR) is 66.3 cm³/mol. The number of H-pyrrole nitrogens is 2. The Morgan fingerprint density at radius 1 is 1.20 bits per heavy atom. The lowest BCUT2D eigenvalue weighted by atomic mass is 10.0. The number of aromatic amines is 2. The van der Waals surface area contributed by atoms with Crippen molar-refractivity contribution >= 4 is 0 Å². The standard InChI is InChI=1S/C13H13F3N2O2/c1-7(19)9-4-2-8(3-5-9)6-10-11(13(14,15)16)17-18-12(10)20/h2-5,7,19H,6H2,1H3,(H2,17,18,20). The van der Waals surface area contributed by atoms with Crippen LogP contribution in [0.2, 0.25) is 0 Å². The second kappa shape index (κ2) is 5.16. The maximum Gasteiger partial charge on any atom is 0.433 e. The van der Waals surface area contributed by atoms with Gasteiger partial charge in [0.1, 0.15) is 5.69 Å². The summed E-state index contributed by atoms with van der Waals surface area (Å²) in [7, 11) is 0. The molecule has 0 saturated heterocycles. The molecule has 1 heterocycles. The van der Waals surface area contributed by atoms with Gasteiger partial charge in [0.05, 0.1) is 11.7 Å². The largest absolute Gasteiger partial charge is 0.433 e. The van der Waals surface area contributed by atoms with Crippen LogP contribution < -0.4 is 5.56 Å². The molecule has 1 atom stereocenters. The van der Waals surface area contributed by atoms with Gasteiger partial charge in [-0.1, -0.05) is 24.3 Å². The SMILES string of the molecule is CC(O)c1ccc(Cc2c(C(F)(F)F)[nH][nH]c2=O)cc1. The average Bonchev–Trinajstić information content (AvgIpc) is 2.71. The summed E-state index contributed by atoms with van der Waals surface area (Å²) in [6, 6.07) is 6.42. The summed E-state index contributed by atoms with van der Waals surface area (Å²) >= 11 is 0. The summed E-state index contributed by atoms with van der Waals surface area (Å²) in [5, 5.41) is 13.2. The van der Waals surface area contributed by atoms with Crippen molar-refractivity contribution in [3.63, 3.8) is 0 Å². The van der Waals surface area contributed by atoms with E-state index < -0.39 is 23.5 Å². The highest BCUT2D eigenvalue weighted by atomic mass is 19.4. The van der Waals surface area contributed by atoms with Crippen LogP contribution in [0.25, 0.3) is 0 Å². The van der Waals surface area contributed by atoms with Crippen LogP contribution in [0, 0.1) is 0 Å². The zero-order valence-electron chi connectivity index (χ0n) is 10.6. The molecule has 3 N–H and O–H groups in total. The molecule has 0 radical (unpaired) electrons. The van der Waals surface area contributed by atoms with E-state index in [1.54, 1.807) is 31.2 Å². The number of aliphatic hydroxyl groups excluding tert-OH is 1. The Morgan fingerprint density at radius 2 is 1.80 bits per heavy atom. The molecule has 108 valence electrons. The number of hydrogen-bond donors (Lipinski definition) is 3. The first-order chi connectivity index (χ1) is 9.29. The lowest BCUT2D eigenvalue weighted by Crippen LogP contribution is -2.13. The molecule has 2 aromatic rings. The van der Waals surface area contributed by atoms with Crippen LogP contribution in [0.4, 0.5) is 13.2 Å². The number of hydrogen-bond acceptors (Lipinski definition) is 2. The van der Waals surface area contributed by atoms with E-state index in [2.05, 4.69) is 0 Å². The number of aliphatic hydroxyl groups is 1. The third-order valence-electron chi connectivity index (χ3n) is 3.00. The van der Waals surface area contributed by atoms with Gasteiger partial charge in [-0.25, -0.2) is 0 Å². The Morgan fingerprint density at radius 3 is 2.30 bits per heavy atom. The average molecular weight is 286 g/mol. The highest BCUT2D eigenvalue weighted by molar-refractivity contribution is 5.31. The van der Waals surface area contributed by atoms with Crippen molar-refractivity contribution in [3.8, 4) is 0 Å². The van der Waals surface area contributed by atoms with Gasteiger partial charge >= 0.3 is 6.18 Å². The Labute approximate surface area is 112 Å². The molecule has 0 bridgehead atoms. The van der Waals surface area contributed by atoms with E-state index in [0.29, 0.717) is 11.1 Å². The second-order valence-electron chi connectivity index (χ2n) is 4.52. The highest BCUT2D eigenvalue weighted by Crippen LogP contribution is 2.29. The van der Waals surface area contributed by atoms with Crippen LogP contribution in [0.3, 0.4) is 0 Å². The van der Waals surface area contributed by atoms with Gasteiger partial charge in [-0.2, -0.15) is 13.2 Å². The molecule has 0 saturated carbocycles. The first kappa shape index (κ1) is 14.4. The van der Waals surface area contributed by atoms with Crippen molar-refractivity contribution in [2.45, 2.75) is 25.6 Å².